The van der Waals surface area contributed by atoms with Gasteiger partial charge in [0.2, 0.25) is 0 Å². The molecule has 0 bridgehead atoms. The molecule has 2 rings (SSSR count). The Morgan fingerprint density at radius 3 is 2.89 bits per heavy atom. The third kappa shape index (κ3) is 2.63. The molecule has 4 N–H and O–H groups in total. The maximum absolute atomic E-state index is 13.9. The average molecular weight is 267 g/mol. The van der Waals surface area contributed by atoms with Crippen molar-refractivity contribution in [2.75, 3.05) is 18.0 Å². The largest absolute Gasteiger partial charge is 0.409 e. The highest BCUT2D eigenvalue weighted by molar-refractivity contribution is 6.02. The molecule has 6 heteroatoms. The maximum atomic E-state index is 13.9. The molecule has 1 saturated heterocycles. The fourth-order valence-corrected chi connectivity index (χ4v) is 2.43. The van der Waals surface area contributed by atoms with Crippen molar-refractivity contribution >= 4 is 11.5 Å². The summed E-state index contributed by atoms with van der Waals surface area (Å²) >= 11 is 0. The van der Waals surface area contributed by atoms with Crippen LogP contribution in [0.15, 0.2) is 23.4 Å². The summed E-state index contributed by atoms with van der Waals surface area (Å²) in [5.74, 6) is -0.671. The lowest BCUT2D eigenvalue weighted by Crippen LogP contribution is -2.42. The summed E-state index contributed by atoms with van der Waals surface area (Å²) in [6.07, 6.45) is 0.282. The van der Waals surface area contributed by atoms with Gasteiger partial charge >= 0.3 is 0 Å². The number of rotatable bonds is 2. The summed E-state index contributed by atoms with van der Waals surface area (Å²) < 4.78 is 13.9. The SMILES string of the molecule is CC1CN(c2cccc(F)c2/C(N)=N/O)CCC1O. The summed E-state index contributed by atoms with van der Waals surface area (Å²) in [6, 6.07) is 4.61. The monoisotopic (exact) mass is 267 g/mol. The van der Waals surface area contributed by atoms with Crippen molar-refractivity contribution < 1.29 is 14.7 Å². The van der Waals surface area contributed by atoms with Crippen LogP contribution in [0.2, 0.25) is 0 Å². The van der Waals surface area contributed by atoms with E-state index in [-0.39, 0.29) is 23.4 Å². The first kappa shape index (κ1) is 13.6. The topological polar surface area (TPSA) is 82.1 Å². The number of oxime groups is 1. The second-order valence-corrected chi connectivity index (χ2v) is 4.90. The quantitative estimate of drug-likeness (QED) is 0.325. The number of nitrogens with zero attached hydrogens (tertiary/aromatic N) is 2. The van der Waals surface area contributed by atoms with Crippen molar-refractivity contribution in [1.29, 1.82) is 0 Å². The summed E-state index contributed by atoms with van der Waals surface area (Å²) in [5.41, 5.74) is 6.25. The predicted molar refractivity (Wildman–Crippen MR) is 70.9 cm³/mol. The molecule has 1 fully saturated rings. The molecule has 19 heavy (non-hydrogen) atoms. The molecule has 0 saturated carbocycles. The molecule has 2 unspecified atom stereocenters. The van der Waals surface area contributed by atoms with Crippen LogP contribution in [0, 0.1) is 11.7 Å². The number of amidine groups is 1. The fourth-order valence-electron chi connectivity index (χ4n) is 2.43. The second-order valence-electron chi connectivity index (χ2n) is 4.90. The Morgan fingerprint density at radius 2 is 2.26 bits per heavy atom. The molecule has 1 aliphatic rings. The fraction of sp³-hybridized carbons (Fsp3) is 0.462. The van der Waals surface area contributed by atoms with E-state index in [4.69, 9.17) is 10.9 Å². The number of nitrogens with two attached hydrogens (primary N) is 1. The van der Waals surface area contributed by atoms with Gasteiger partial charge in [-0.1, -0.05) is 18.1 Å². The lowest BCUT2D eigenvalue weighted by atomic mass is 9.95. The first-order valence-corrected chi connectivity index (χ1v) is 6.24. The van der Waals surface area contributed by atoms with E-state index in [1.807, 2.05) is 11.8 Å². The normalized spacial score (nSPS) is 24.6. The lowest BCUT2D eigenvalue weighted by Gasteiger charge is -2.36. The van der Waals surface area contributed by atoms with Crippen molar-refractivity contribution in [3.8, 4) is 0 Å². The van der Waals surface area contributed by atoms with E-state index in [1.165, 1.54) is 6.07 Å². The molecule has 1 aliphatic heterocycles. The number of hydrogen-bond acceptors (Lipinski definition) is 4. The first-order chi connectivity index (χ1) is 9.04. The molecule has 2 atom stereocenters. The van der Waals surface area contributed by atoms with Gasteiger partial charge in [0.1, 0.15) is 5.82 Å². The third-order valence-electron chi connectivity index (χ3n) is 3.56. The molecule has 0 spiro atoms. The van der Waals surface area contributed by atoms with Crippen molar-refractivity contribution in [3.63, 3.8) is 0 Å². The Kier molecular flexibility index (Phi) is 3.90. The van der Waals surface area contributed by atoms with Crippen LogP contribution in [0.1, 0.15) is 18.9 Å². The highest BCUT2D eigenvalue weighted by atomic mass is 19.1. The maximum Gasteiger partial charge on any atom is 0.175 e. The minimum Gasteiger partial charge on any atom is -0.409 e. The smallest absolute Gasteiger partial charge is 0.175 e. The van der Waals surface area contributed by atoms with Gasteiger partial charge in [-0.15, -0.1) is 0 Å². The van der Waals surface area contributed by atoms with Gasteiger partial charge in [0.25, 0.3) is 0 Å². The van der Waals surface area contributed by atoms with E-state index in [0.29, 0.717) is 25.2 Å². The van der Waals surface area contributed by atoms with Gasteiger partial charge in [0, 0.05) is 13.1 Å². The van der Waals surface area contributed by atoms with Gasteiger partial charge in [-0.2, -0.15) is 0 Å². The van der Waals surface area contributed by atoms with Crippen molar-refractivity contribution in [1.82, 2.24) is 0 Å². The number of anilines is 1. The summed E-state index contributed by atoms with van der Waals surface area (Å²) in [7, 11) is 0. The van der Waals surface area contributed by atoms with Gasteiger partial charge in [-0.25, -0.2) is 4.39 Å². The molecule has 0 aromatic heterocycles. The van der Waals surface area contributed by atoms with E-state index >= 15 is 0 Å². The predicted octanol–water partition coefficient (Wildman–Crippen LogP) is 1.13. The highest BCUT2D eigenvalue weighted by Gasteiger charge is 2.27. The van der Waals surface area contributed by atoms with Gasteiger partial charge in [-0.05, 0) is 24.5 Å². The van der Waals surface area contributed by atoms with Gasteiger partial charge in [0.15, 0.2) is 5.84 Å². The number of halogens is 1. The van der Waals surface area contributed by atoms with Crippen molar-refractivity contribution in [2.45, 2.75) is 19.4 Å². The van der Waals surface area contributed by atoms with Gasteiger partial charge < -0.3 is 20.9 Å². The molecular weight excluding hydrogens is 249 g/mol. The highest BCUT2D eigenvalue weighted by Crippen LogP contribution is 2.28. The summed E-state index contributed by atoms with van der Waals surface area (Å²) in [4.78, 5) is 1.95. The van der Waals surface area contributed by atoms with Crippen LogP contribution >= 0.6 is 0 Å². The van der Waals surface area contributed by atoms with Crippen molar-refractivity contribution in [3.05, 3.63) is 29.6 Å². The van der Waals surface area contributed by atoms with E-state index in [9.17, 15) is 9.50 Å². The molecule has 104 valence electrons. The van der Waals surface area contributed by atoms with Crippen molar-refractivity contribution in [2.24, 2.45) is 16.8 Å². The molecule has 1 aromatic rings. The van der Waals surface area contributed by atoms with Crippen LogP contribution in [0.4, 0.5) is 10.1 Å². The Balaban J connectivity index is 2.37. The zero-order valence-corrected chi connectivity index (χ0v) is 10.8. The van der Waals surface area contributed by atoms with Crippen LogP contribution in [0.5, 0.6) is 0 Å². The zero-order chi connectivity index (χ0) is 14.0. The van der Waals surface area contributed by atoms with Crippen LogP contribution in [-0.2, 0) is 0 Å². The summed E-state index contributed by atoms with van der Waals surface area (Å²) in [6.45, 7) is 3.16. The second kappa shape index (κ2) is 5.44. The standard InChI is InChI=1S/C13H18FN3O2/c1-8-7-17(6-5-11(8)18)10-4-2-3-9(14)12(10)13(15)16-19/h2-4,8,11,18-19H,5-7H2,1H3,(H2,15,16). The van der Waals surface area contributed by atoms with Gasteiger partial charge in [0.05, 0.1) is 17.4 Å². The molecule has 5 nitrogen and oxygen atoms in total. The van der Waals surface area contributed by atoms with E-state index in [2.05, 4.69) is 5.16 Å². The summed E-state index contributed by atoms with van der Waals surface area (Å²) in [5, 5.41) is 21.4. The first-order valence-electron chi connectivity index (χ1n) is 6.24. The van der Waals surface area contributed by atoms with Crippen LogP contribution in [0.3, 0.4) is 0 Å². The Labute approximate surface area is 111 Å². The number of piperidine rings is 1. The van der Waals surface area contributed by atoms with E-state index in [0.717, 1.165) is 0 Å². The Bertz CT molecular complexity index is 493. The minimum atomic E-state index is -0.522. The number of benzene rings is 1. The molecule has 1 heterocycles. The zero-order valence-electron chi connectivity index (χ0n) is 10.8. The molecular formula is C13H18FN3O2. The molecule has 0 aliphatic carbocycles. The number of hydrogen-bond donors (Lipinski definition) is 3. The van der Waals surface area contributed by atoms with Crippen LogP contribution < -0.4 is 10.6 Å². The van der Waals surface area contributed by atoms with Gasteiger partial charge in [-0.3, -0.25) is 0 Å². The molecule has 0 radical (unpaired) electrons. The minimum absolute atomic E-state index is 0.0946. The number of aliphatic hydroxyl groups is 1. The third-order valence-corrected chi connectivity index (χ3v) is 3.56. The Hall–Kier alpha value is -1.82. The number of aliphatic hydroxyl groups excluding tert-OH is 1. The van der Waals surface area contributed by atoms with E-state index < -0.39 is 5.82 Å². The molecule has 0 amide bonds. The average Bonchev–Trinajstić information content (AvgIpc) is 2.41. The molecule has 1 aromatic carbocycles. The Morgan fingerprint density at radius 1 is 1.53 bits per heavy atom. The van der Waals surface area contributed by atoms with Crippen LogP contribution in [0.25, 0.3) is 0 Å². The van der Waals surface area contributed by atoms with Crippen LogP contribution in [-0.4, -0.2) is 35.3 Å². The lowest BCUT2D eigenvalue weighted by molar-refractivity contribution is 0.0971. The van der Waals surface area contributed by atoms with E-state index in [1.54, 1.807) is 12.1 Å².